The summed E-state index contributed by atoms with van der Waals surface area (Å²) in [6, 6.07) is 0. The normalized spacial score (nSPS) is 34.1. The lowest BCUT2D eigenvalue weighted by molar-refractivity contribution is 0.0644. The van der Waals surface area contributed by atoms with Crippen LogP contribution in [0.5, 0.6) is 0 Å². The first-order chi connectivity index (χ1) is 5.24. The van der Waals surface area contributed by atoms with Crippen LogP contribution in [-0.4, -0.2) is 24.4 Å². The molecule has 0 amide bonds. The van der Waals surface area contributed by atoms with Gasteiger partial charge in [0, 0.05) is 13.2 Å². The van der Waals surface area contributed by atoms with Crippen molar-refractivity contribution in [2.24, 2.45) is 11.8 Å². The first-order valence-corrected chi connectivity index (χ1v) is 4.46. The summed E-state index contributed by atoms with van der Waals surface area (Å²) in [5.74, 6) is 1.07. The van der Waals surface area contributed by atoms with Gasteiger partial charge in [-0.05, 0) is 24.7 Å². The number of rotatable bonds is 3. The maximum atomic E-state index is 8.83. The van der Waals surface area contributed by atoms with Crippen LogP contribution in [0, 0.1) is 11.8 Å². The lowest BCUT2D eigenvalue weighted by Gasteiger charge is -2.17. The summed E-state index contributed by atoms with van der Waals surface area (Å²) >= 11 is 0. The van der Waals surface area contributed by atoms with E-state index in [1.165, 1.54) is 6.42 Å². The lowest BCUT2D eigenvalue weighted by Crippen LogP contribution is -2.18. The molecule has 11 heavy (non-hydrogen) atoms. The van der Waals surface area contributed by atoms with Gasteiger partial charge in [0.2, 0.25) is 0 Å². The molecule has 0 saturated carbocycles. The molecule has 66 valence electrons. The third-order valence-electron chi connectivity index (χ3n) is 2.49. The Kier molecular flexibility index (Phi) is 3.34. The zero-order valence-electron chi connectivity index (χ0n) is 7.42. The highest BCUT2D eigenvalue weighted by Crippen LogP contribution is 2.25. The largest absolute Gasteiger partial charge is 0.396 e. The van der Waals surface area contributed by atoms with Gasteiger partial charge in [-0.25, -0.2) is 0 Å². The van der Waals surface area contributed by atoms with E-state index in [9.17, 15) is 0 Å². The highest BCUT2D eigenvalue weighted by atomic mass is 16.5. The van der Waals surface area contributed by atoms with Gasteiger partial charge in [-0.15, -0.1) is 0 Å². The van der Waals surface area contributed by atoms with Crippen molar-refractivity contribution in [1.29, 1.82) is 0 Å². The van der Waals surface area contributed by atoms with E-state index < -0.39 is 0 Å². The van der Waals surface area contributed by atoms with Gasteiger partial charge in [0.15, 0.2) is 0 Å². The van der Waals surface area contributed by atoms with Gasteiger partial charge in [0.05, 0.1) is 6.10 Å². The van der Waals surface area contributed by atoms with Gasteiger partial charge in [0.1, 0.15) is 0 Å². The average molecular weight is 158 g/mol. The molecular weight excluding hydrogens is 140 g/mol. The topological polar surface area (TPSA) is 29.5 Å². The molecule has 3 unspecified atom stereocenters. The van der Waals surface area contributed by atoms with Crippen molar-refractivity contribution in [3.63, 3.8) is 0 Å². The molecule has 0 radical (unpaired) electrons. The highest BCUT2D eigenvalue weighted by Gasteiger charge is 2.25. The Bertz CT molecular complexity index is 114. The van der Waals surface area contributed by atoms with Gasteiger partial charge in [0.25, 0.3) is 0 Å². The fourth-order valence-electron chi connectivity index (χ4n) is 1.53. The number of aliphatic hydroxyl groups is 1. The summed E-state index contributed by atoms with van der Waals surface area (Å²) in [4.78, 5) is 0. The molecule has 2 nitrogen and oxygen atoms in total. The zero-order chi connectivity index (χ0) is 8.27. The molecule has 1 aliphatic rings. The summed E-state index contributed by atoms with van der Waals surface area (Å²) < 4.78 is 5.53. The summed E-state index contributed by atoms with van der Waals surface area (Å²) in [7, 11) is 0. The number of aliphatic hydroxyl groups excluding tert-OH is 1. The Morgan fingerprint density at radius 2 is 2.36 bits per heavy atom. The molecule has 1 aliphatic heterocycles. The Morgan fingerprint density at radius 1 is 1.64 bits per heavy atom. The van der Waals surface area contributed by atoms with Crippen molar-refractivity contribution in [1.82, 2.24) is 0 Å². The predicted molar refractivity (Wildman–Crippen MR) is 44.4 cm³/mol. The van der Waals surface area contributed by atoms with Crippen LogP contribution in [0.2, 0.25) is 0 Å². The molecule has 1 rings (SSSR count). The van der Waals surface area contributed by atoms with E-state index in [1.807, 2.05) is 0 Å². The van der Waals surface area contributed by atoms with Crippen LogP contribution in [0.15, 0.2) is 0 Å². The van der Waals surface area contributed by atoms with Crippen molar-refractivity contribution >= 4 is 0 Å². The molecule has 1 fully saturated rings. The molecule has 2 heteroatoms. The Hall–Kier alpha value is -0.0800. The van der Waals surface area contributed by atoms with E-state index in [0.717, 1.165) is 13.0 Å². The molecular formula is C9H18O2. The van der Waals surface area contributed by atoms with Crippen LogP contribution in [0.25, 0.3) is 0 Å². The molecule has 3 atom stereocenters. The Balaban J connectivity index is 2.24. The van der Waals surface area contributed by atoms with Gasteiger partial charge in [-0.1, -0.05) is 13.8 Å². The van der Waals surface area contributed by atoms with Crippen LogP contribution >= 0.6 is 0 Å². The predicted octanol–water partition coefficient (Wildman–Crippen LogP) is 1.43. The van der Waals surface area contributed by atoms with Crippen LogP contribution in [0.1, 0.15) is 26.7 Å². The molecule has 1 saturated heterocycles. The molecule has 0 bridgehead atoms. The maximum absolute atomic E-state index is 8.83. The number of hydrogen-bond donors (Lipinski definition) is 1. The Labute approximate surface area is 68.6 Å². The van der Waals surface area contributed by atoms with Crippen molar-refractivity contribution < 1.29 is 9.84 Å². The minimum absolute atomic E-state index is 0.284. The average Bonchev–Trinajstić information content (AvgIpc) is 2.37. The van der Waals surface area contributed by atoms with Crippen molar-refractivity contribution in [3.05, 3.63) is 0 Å². The number of hydrogen-bond acceptors (Lipinski definition) is 2. The molecule has 1 heterocycles. The van der Waals surface area contributed by atoms with Crippen molar-refractivity contribution in [2.75, 3.05) is 13.2 Å². The number of ether oxygens (including phenoxy) is 1. The zero-order valence-corrected chi connectivity index (χ0v) is 7.42. The van der Waals surface area contributed by atoms with Gasteiger partial charge in [-0.3, -0.25) is 0 Å². The first kappa shape index (κ1) is 9.01. The van der Waals surface area contributed by atoms with E-state index in [-0.39, 0.29) is 6.61 Å². The maximum Gasteiger partial charge on any atom is 0.0604 e. The van der Waals surface area contributed by atoms with Crippen LogP contribution in [0.3, 0.4) is 0 Å². The standard InChI is InChI=1S/C9H18O2/c1-7(6-10)5-9-8(2)3-4-11-9/h7-10H,3-6H2,1-2H3. The molecule has 0 aromatic rings. The van der Waals surface area contributed by atoms with E-state index in [2.05, 4.69) is 13.8 Å². The molecule has 0 aromatic carbocycles. The summed E-state index contributed by atoms with van der Waals surface area (Å²) in [6.07, 6.45) is 2.60. The second-order valence-corrected chi connectivity index (χ2v) is 3.70. The summed E-state index contributed by atoms with van der Waals surface area (Å²) in [5.41, 5.74) is 0. The van der Waals surface area contributed by atoms with Gasteiger partial charge < -0.3 is 9.84 Å². The minimum atomic E-state index is 0.284. The highest BCUT2D eigenvalue weighted by molar-refractivity contribution is 4.74. The van der Waals surface area contributed by atoms with Crippen molar-refractivity contribution in [2.45, 2.75) is 32.8 Å². The third-order valence-corrected chi connectivity index (χ3v) is 2.49. The third kappa shape index (κ3) is 2.46. The lowest BCUT2D eigenvalue weighted by atomic mass is 9.95. The van der Waals surface area contributed by atoms with Crippen LogP contribution < -0.4 is 0 Å². The van der Waals surface area contributed by atoms with Crippen molar-refractivity contribution in [3.8, 4) is 0 Å². The van der Waals surface area contributed by atoms with E-state index in [4.69, 9.17) is 9.84 Å². The first-order valence-electron chi connectivity index (χ1n) is 4.46. The molecule has 0 aromatic heterocycles. The molecule has 1 N–H and O–H groups in total. The van der Waals surface area contributed by atoms with E-state index >= 15 is 0 Å². The van der Waals surface area contributed by atoms with E-state index in [1.54, 1.807) is 0 Å². The van der Waals surface area contributed by atoms with Gasteiger partial charge in [-0.2, -0.15) is 0 Å². The summed E-state index contributed by atoms with van der Waals surface area (Å²) in [5, 5.41) is 8.83. The smallest absolute Gasteiger partial charge is 0.0604 e. The quantitative estimate of drug-likeness (QED) is 0.673. The fraction of sp³-hybridized carbons (Fsp3) is 1.00. The van der Waals surface area contributed by atoms with Crippen LogP contribution in [0.4, 0.5) is 0 Å². The monoisotopic (exact) mass is 158 g/mol. The van der Waals surface area contributed by atoms with Crippen LogP contribution in [-0.2, 0) is 4.74 Å². The molecule has 0 aliphatic carbocycles. The Morgan fingerprint density at radius 3 is 2.82 bits per heavy atom. The SMILES string of the molecule is CC(CO)CC1OCCC1C. The summed E-state index contributed by atoms with van der Waals surface area (Å²) in [6.45, 7) is 5.48. The minimum Gasteiger partial charge on any atom is -0.396 e. The second kappa shape index (κ2) is 4.07. The second-order valence-electron chi connectivity index (χ2n) is 3.70. The van der Waals surface area contributed by atoms with Gasteiger partial charge >= 0.3 is 0 Å². The molecule has 0 spiro atoms. The fourth-order valence-corrected chi connectivity index (χ4v) is 1.53. The van der Waals surface area contributed by atoms with E-state index in [0.29, 0.717) is 17.9 Å².